The number of fused-ring (bicyclic) bond motifs is 1. The Bertz CT molecular complexity index is 910. The highest BCUT2D eigenvalue weighted by Crippen LogP contribution is 2.69. The summed E-state index contributed by atoms with van der Waals surface area (Å²) in [6, 6.07) is 19.4. The van der Waals surface area contributed by atoms with E-state index in [1.165, 1.54) is 0 Å². The first-order chi connectivity index (χ1) is 13.7. The quantitative estimate of drug-likeness (QED) is 0.617. The highest BCUT2D eigenvalue weighted by Gasteiger charge is 2.72. The first kappa shape index (κ1) is 19.9. The second-order valence-corrected chi connectivity index (χ2v) is 9.80. The van der Waals surface area contributed by atoms with E-state index in [-0.39, 0.29) is 23.2 Å². The number of nitrogens with zero attached hydrogens (tertiary/aromatic N) is 1. The Morgan fingerprint density at radius 1 is 1.00 bits per heavy atom. The van der Waals surface area contributed by atoms with Gasteiger partial charge in [0.15, 0.2) is 12.4 Å². The lowest BCUT2D eigenvalue weighted by atomic mass is 9.84. The zero-order chi connectivity index (χ0) is 20.8. The van der Waals surface area contributed by atoms with Crippen molar-refractivity contribution in [2.24, 2.45) is 22.7 Å². The van der Waals surface area contributed by atoms with Gasteiger partial charge in [-0.3, -0.25) is 0 Å². The molecule has 4 nitrogen and oxygen atoms in total. The van der Waals surface area contributed by atoms with Crippen LogP contribution < -0.4 is 4.74 Å². The Kier molecular flexibility index (Phi) is 4.93. The molecule has 1 saturated heterocycles. The van der Waals surface area contributed by atoms with Gasteiger partial charge in [-0.05, 0) is 46.6 Å². The molecule has 29 heavy (non-hydrogen) atoms. The minimum absolute atomic E-state index is 0.0420. The molecule has 0 N–H and O–H groups in total. The van der Waals surface area contributed by atoms with Gasteiger partial charge in [0.1, 0.15) is 11.5 Å². The molecule has 2 fully saturated rings. The van der Waals surface area contributed by atoms with Crippen LogP contribution in [0.4, 0.5) is 0 Å². The standard InChI is InChI=1S/C25H29NO3/c1-24(2,3)22-20-21(25(20,4)5)23(29-22)28-19(15-26)16-10-9-13-18(14-16)27-17-11-7-6-8-12-17/h6-14,19-23H,1-5H3/t19-,20-,21+,22-,23+/m1/s1. The highest BCUT2D eigenvalue weighted by atomic mass is 16.7. The molecule has 0 aromatic heterocycles. The zero-order valence-corrected chi connectivity index (χ0v) is 17.8. The lowest BCUT2D eigenvalue weighted by Gasteiger charge is -2.33. The molecule has 2 aliphatic rings. The van der Waals surface area contributed by atoms with Crippen molar-refractivity contribution in [3.8, 4) is 17.6 Å². The number of rotatable bonds is 5. The largest absolute Gasteiger partial charge is 0.457 e. The fourth-order valence-electron chi connectivity index (χ4n) is 4.67. The summed E-state index contributed by atoms with van der Waals surface area (Å²) in [4.78, 5) is 0. The van der Waals surface area contributed by atoms with Gasteiger partial charge >= 0.3 is 0 Å². The molecule has 2 aromatic rings. The zero-order valence-electron chi connectivity index (χ0n) is 17.8. The number of para-hydroxylation sites is 1. The monoisotopic (exact) mass is 391 g/mol. The Labute approximate surface area is 173 Å². The van der Waals surface area contributed by atoms with Crippen molar-refractivity contribution in [3.63, 3.8) is 0 Å². The topological polar surface area (TPSA) is 51.5 Å². The average Bonchev–Trinajstić information content (AvgIpc) is 3.02. The summed E-state index contributed by atoms with van der Waals surface area (Å²) < 4.78 is 18.4. The smallest absolute Gasteiger partial charge is 0.172 e. The summed E-state index contributed by atoms with van der Waals surface area (Å²) in [7, 11) is 0. The average molecular weight is 392 g/mol. The van der Waals surface area contributed by atoms with Gasteiger partial charge < -0.3 is 14.2 Å². The molecular formula is C25H29NO3. The molecule has 1 saturated carbocycles. The SMILES string of the molecule is CC(C)(C)[C@@H]1O[C@H](O[C@H](C#N)c2cccc(Oc3ccccc3)c2)[C@@H]2[C@H]1C2(C)C. The van der Waals surface area contributed by atoms with Crippen molar-refractivity contribution < 1.29 is 14.2 Å². The maximum absolute atomic E-state index is 9.80. The van der Waals surface area contributed by atoms with Gasteiger partial charge in [0.25, 0.3) is 0 Å². The van der Waals surface area contributed by atoms with Crippen LogP contribution in [0.3, 0.4) is 0 Å². The van der Waals surface area contributed by atoms with E-state index in [4.69, 9.17) is 14.2 Å². The van der Waals surface area contributed by atoms with E-state index in [1.807, 2.05) is 54.6 Å². The van der Waals surface area contributed by atoms with Crippen molar-refractivity contribution in [2.45, 2.75) is 53.1 Å². The van der Waals surface area contributed by atoms with Gasteiger partial charge in [-0.2, -0.15) is 5.26 Å². The van der Waals surface area contributed by atoms with Gasteiger partial charge in [-0.1, -0.05) is 65.0 Å². The fourth-order valence-corrected chi connectivity index (χ4v) is 4.67. The first-order valence-electron chi connectivity index (χ1n) is 10.3. The van der Waals surface area contributed by atoms with E-state index in [0.717, 1.165) is 11.3 Å². The molecule has 4 heteroatoms. The van der Waals surface area contributed by atoms with E-state index in [9.17, 15) is 5.26 Å². The Balaban J connectivity index is 1.50. The molecule has 152 valence electrons. The number of nitriles is 1. The molecule has 0 amide bonds. The van der Waals surface area contributed by atoms with Crippen molar-refractivity contribution >= 4 is 0 Å². The second kappa shape index (κ2) is 7.16. The summed E-state index contributed by atoms with van der Waals surface area (Å²) in [5.41, 5.74) is 0.998. The fraction of sp³-hybridized carbons (Fsp3) is 0.480. The van der Waals surface area contributed by atoms with E-state index in [1.54, 1.807) is 0 Å². The van der Waals surface area contributed by atoms with Crippen LogP contribution in [0.25, 0.3) is 0 Å². The number of hydrogen-bond acceptors (Lipinski definition) is 4. The van der Waals surface area contributed by atoms with Gasteiger partial charge in [-0.25, -0.2) is 0 Å². The van der Waals surface area contributed by atoms with Crippen LogP contribution in [-0.4, -0.2) is 12.4 Å². The molecule has 4 rings (SSSR count). The molecule has 1 aliphatic carbocycles. The molecule has 5 atom stereocenters. The molecule has 2 aromatic carbocycles. The second-order valence-electron chi connectivity index (χ2n) is 9.80. The van der Waals surface area contributed by atoms with E-state index in [0.29, 0.717) is 17.6 Å². The van der Waals surface area contributed by atoms with Crippen molar-refractivity contribution in [3.05, 3.63) is 60.2 Å². The lowest BCUT2D eigenvalue weighted by Crippen LogP contribution is -2.34. The van der Waals surface area contributed by atoms with Crippen molar-refractivity contribution in [1.29, 1.82) is 5.26 Å². The van der Waals surface area contributed by atoms with Crippen LogP contribution in [0.1, 0.15) is 46.3 Å². The lowest BCUT2D eigenvalue weighted by molar-refractivity contribution is -0.197. The van der Waals surface area contributed by atoms with Gasteiger partial charge in [0, 0.05) is 5.92 Å². The van der Waals surface area contributed by atoms with Crippen LogP contribution in [-0.2, 0) is 9.47 Å². The minimum atomic E-state index is -0.699. The normalized spacial score (nSPS) is 28.3. The maximum Gasteiger partial charge on any atom is 0.172 e. The van der Waals surface area contributed by atoms with E-state index < -0.39 is 6.10 Å². The summed E-state index contributed by atoms with van der Waals surface area (Å²) in [5, 5.41) is 9.80. The van der Waals surface area contributed by atoms with Crippen LogP contribution >= 0.6 is 0 Å². The number of ether oxygens (including phenoxy) is 3. The molecule has 1 heterocycles. The summed E-state index contributed by atoms with van der Waals surface area (Å²) in [5.74, 6) is 2.24. The van der Waals surface area contributed by atoms with E-state index >= 15 is 0 Å². The molecule has 0 radical (unpaired) electrons. The third-order valence-corrected chi connectivity index (χ3v) is 6.28. The predicted molar refractivity (Wildman–Crippen MR) is 111 cm³/mol. The first-order valence-corrected chi connectivity index (χ1v) is 10.3. The van der Waals surface area contributed by atoms with Crippen LogP contribution in [0.2, 0.25) is 0 Å². The maximum atomic E-state index is 9.80. The third-order valence-electron chi connectivity index (χ3n) is 6.28. The molecular weight excluding hydrogens is 362 g/mol. The van der Waals surface area contributed by atoms with Gasteiger partial charge in [0.05, 0.1) is 12.2 Å². The van der Waals surface area contributed by atoms with Gasteiger partial charge in [0.2, 0.25) is 0 Å². The third kappa shape index (κ3) is 3.77. The number of hydrogen-bond donors (Lipinski definition) is 0. The van der Waals surface area contributed by atoms with Crippen LogP contribution in [0.15, 0.2) is 54.6 Å². The molecule has 0 spiro atoms. The highest BCUT2D eigenvalue weighted by molar-refractivity contribution is 5.36. The predicted octanol–water partition coefficient (Wildman–Crippen LogP) is 6.10. The summed E-state index contributed by atoms with van der Waals surface area (Å²) >= 11 is 0. The van der Waals surface area contributed by atoms with E-state index in [2.05, 4.69) is 40.7 Å². The van der Waals surface area contributed by atoms with Crippen molar-refractivity contribution in [1.82, 2.24) is 0 Å². The summed E-state index contributed by atoms with van der Waals surface area (Å²) in [6.07, 6.45) is -0.919. The number of benzene rings is 2. The van der Waals surface area contributed by atoms with Crippen LogP contribution in [0.5, 0.6) is 11.5 Å². The van der Waals surface area contributed by atoms with Crippen LogP contribution in [0, 0.1) is 34.0 Å². The molecule has 1 aliphatic heterocycles. The van der Waals surface area contributed by atoms with Crippen molar-refractivity contribution in [2.75, 3.05) is 0 Å². The summed E-state index contributed by atoms with van der Waals surface area (Å²) in [6.45, 7) is 11.2. The Morgan fingerprint density at radius 3 is 2.31 bits per heavy atom. The Hall–Kier alpha value is -2.35. The Morgan fingerprint density at radius 2 is 1.69 bits per heavy atom. The molecule has 0 unspecified atom stereocenters. The molecule has 0 bridgehead atoms. The minimum Gasteiger partial charge on any atom is -0.457 e. The van der Waals surface area contributed by atoms with Gasteiger partial charge in [-0.15, -0.1) is 0 Å².